The van der Waals surface area contributed by atoms with Crippen LogP contribution in [0.1, 0.15) is 37.8 Å². The van der Waals surface area contributed by atoms with Crippen LogP contribution in [-0.4, -0.2) is 26.8 Å². The highest BCUT2D eigenvalue weighted by Crippen LogP contribution is 2.27. The summed E-state index contributed by atoms with van der Waals surface area (Å²) in [4.78, 5) is 2.36. The topological polar surface area (TPSA) is 38.5 Å². The van der Waals surface area contributed by atoms with Gasteiger partial charge in [0.1, 0.15) is 0 Å². The van der Waals surface area contributed by atoms with Gasteiger partial charge in [0.05, 0.1) is 0 Å². The Kier molecular flexibility index (Phi) is 5.23. The zero-order valence-corrected chi connectivity index (χ0v) is 12.1. The third-order valence-corrected chi connectivity index (χ3v) is 4.06. The lowest BCUT2D eigenvalue weighted by Gasteiger charge is -2.30. The molecule has 0 radical (unpaired) electrons. The van der Waals surface area contributed by atoms with Crippen molar-refractivity contribution in [2.24, 2.45) is 11.7 Å². The van der Waals surface area contributed by atoms with Gasteiger partial charge < -0.3 is 15.4 Å². The zero-order chi connectivity index (χ0) is 13.7. The van der Waals surface area contributed by atoms with Crippen molar-refractivity contribution in [3.8, 4) is 0 Å². The summed E-state index contributed by atoms with van der Waals surface area (Å²) in [6.45, 7) is 5.06. The molecule has 0 saturated carbocycles. The molecule has 0 amide bonds. The van der Waals surface area contributed by atoms with Gasteiger partial charge in [-0.15, -0.1) is 0 Å². The van der Waals surface area contributed by atoms with E-state index in [2.05, 4.69) is 43.1 Å². The van der Waals surface area contributed by atoms with Crippen molar-refractivity contribution in [2.75, 3.05) is 31.7 Å². The molecular weight excluding hydrogens is 236 g/mol. The Morgan fingerprint density at radius 2 is 2.00 bits per heavy atom. The first-order chi connectivity index (χ1) is 9.22. The van der Waals surface area contributed by atoms with Gasteiger partial charge in [0, 0.05) is 38.5 Å². The summed E-state index contributed by atoms with van der Waals surface area (Å²) >= 11 is 0. The molecule has 1 atom stereocenters. The molecule has 1 fully saturated rings. The molecule has 3 heteroatoms. The first-order valence-electron chi connectivity index (χ1n) is 7.35. The van der Waals surface area contributed by atoms with Crippen LogP contribution < -0.4 is 10.6 Å². The smallest absolute Gasteiger partial charge is 0.0469 e. The third-order valence-electron chi connectivity index (χ3n) is 4.06. The van der Waals surface area contributed by atoms with Crippen LogP contribution in [-0.2, 0) is 4.74 Å². The van der Waals surface area contributed by atoms with Crippen LogP contribution in [0.2, 0.25) is 0 Å². The van der Waals surface area contributed by atoms with Gasteiger partial charge in [0.15, 0.2) is 0 Å². The minimum atomic E-state index is 0.133. The molecule has 2 N–H and O–H groups in total. The van der Waals surface area contributed by atoms with E-state index < -0.39 is 0 Å². The molecule has 1 unspecified atom stereocenters. The molecule has 0 bridgehead atoms. The summed E-state index contributed by atoms with van der Waals surface area (Å²) in [7, 11) is 2.18. The third kappa shape index (κ3) is 3.71. The lowest BCUT2D eigenvalue weighted by Crippen LogP contribution is -2.30. The predicted molar refractivity (Wildman–Crippen MR) is 80.5 cm³/mol. The largest absolute Gasteiger partial charge is 0.381 e. The average molecular weight is 262 g/mol. The Hall–Kier alpha value is -1.06. The number of anilines is 1. The minimum absolute atomic E-state index is 0.133. The number of benzene rings is 1. The predicted octanol–water partition coefficient (Wildman–Crippen LogP) is 2.96. The summed E-state index contributed by atoms with van der Waals surface area (Å²) in [5.41, 5.74) is 8.76. The lowest BCUT2D eigenvalue weighted by molar-refractivity contribution is 0.0685. The first-order valence-corrected chi connectivity index (χ1v) is 7.35. The summed E-state index contributed by atoms with van der Waals surface area (Å²) < 4.78 is 5.43. The number of rotatable bonds is 5. The van der Waals surface area contributed by atoms with Gasteiger partial charge in [0.25, 0.3) is 0 Å². The molecule has 106 valence electrons. The molecule has 0 spiro atoms. The number of para-hydroxylation sites is 1. The molecule has 1 aromatic rings. The number of hydrogen-bond donors (Lipinski definition) is 1. The maximum atomic E-state index is 6.22. The Balaban J connectivity index is 2.07. The summed E-state index contributed by atoms with van der Waals surface area (Å²) in [6.07, 6.45) is 3.32. The van der Waals surface area contributed by atoms with E-state index in [-0.39, 0.29) is 6.04 Å². The molecule has 1 saturated heterocycles. The van der Waals surface area contributed by atoms with E-state index in [1.54, 1.807) is 0 Å². The molecule has 1 heterocycles. The SMILES string of the molecule is CCC(N)c1ccccc1N(C)CC1CCOCC1. The summed E-state index contributed by atoms with van der Waals surface area (Å²) in [5.74, 6) is 0.740. The maximum absolute atomic E-state index is 6.22. The van der Waals surface area contributed by atoms with E-state index in [1.807, 2.05) is 0 Å². The number of hydrogen-bond acceptors (Lipinski definition) is 3. The van der Waals surface area contributed by atoms with Crippen molar-refractivity contribution in [3.05, 3.63) is 29.8 Å². The molecule has 1 aliphatic heterocycles. The Labute approximate surface area is 116 Å². The Bertz CT molecular complexity index is 388. The molecule has 0 aromatic heterocycles. The van der Waals surface area contributed by atoms with Gasteiger partial charge in [-0.05, 0) is 36.8 Å². The van der Waals surface area contributed by atoms with Crippen molar-refractivity contribution in [2.45, 2.75) is 32.2 Å². The highest BCUT2D eigenvalue weighted by atomic mass is 16.5. The van der Waals surface area contributed by atoms with Crippen LogP contribution in [0, 0.1) is 5.92 Å². The van der Waals surface area contributed by atoms with Crippen LogP contribution in [0.5, 0.6) is 0 Å². The van der Waals surface area contributed by atoms with Crippen LogP contribution in [0.25, 0.3) is 0 Å². The van der Waals surface area contributed by atoms with E-state index in [0.717, 1.165) is 32.1 Å². The quantitative estimate of drug-likeness (QED) is 0.886. The first kappa shape index (κ1) is 14.4. The van der Waals surface area contributed by atoms with Gasteiger partial charge in [-0.25, -0.2) is 0 Å². The fourth-order valence-corrected chi connectivity index (χ4v) is 2.78. The average Bonchev–Trinajstić information content (AvgIpc) is 2.47. The summed E-state index contributed by atoms with van der Waals surface area (Å²) in [6, 6.07) is 8.65. The highest BCUT2D eigenvalue weighted by molar-refractivity contribution is 5.54. The van der Waals surface area contributed by atoms with Crippen molar-refractivity contribution in [3.63, 3.8) is 0 Å². The van der Waals surface area contributed by atoms with Crippen LogP contribution in [0.15, 0.2) is 24.3 Å². The van der Waals surface area contributed by atoms with E-state index >= 15 is 0 Å². The van der Waals surface area contributed by atoms with E-state index in [0.29, 0.717) is 0 Å². The number of nitrogens with two attached hydrogens (primary N) is 1. The van der Waals surface area contributed by atoms with Gasteiger partial charge in [-0.3, -0.25) is 0 Å². The molecule has 0 aliphatic carbocycles. The van der Waals surface area contributed by atoms with E-state index in [9.17, 15) is 0 Å². The zero-order valence-electron chi connectivity index (χ0n) is 12.1. The second-order valence-electron chi connectivity index (χ2n) is 5.51. The Morgan fingerprint density at radius 3 is 2.68 bits per heavy atom. The standard InChI is InChI=1S/C16H26N2O/c1-3-15(17)14-6-4-5-7-16(14)18(2)12-13-8-10-19-11-9-13/h4-7,13,15H,3,8-12,17H2,1-2H3. The van der Waals surface area contributed by atoms with E-state index in [4.69, 9.17) is 10.5 Å². The van der Waals surface area contributed by atoms with Crippen LogP contribution in [0.3, 0.4) is 0 Å². The van der Waals surface area contributed by atoms with Crippen LogP contribution >= 0.6 is 0 Å². The highest BCUT2D eigenvalue weighted by Gasteiger charge is 2.18. The van der Waals surface area contributed by atoms with Crippen molar-refractivity contribution in [1.29, 1.82) is 0 Å². The summed E-state index contributed by atoms with van der Waals surface area (Å²) in [5, 5.41) is 0. The second kappa shape index (κ2) is 6.92. The fourth-order valence-electron chi connectivity index (χ4n) is 2.78. The lowest BCUT2D eigenvalue weighted by atomic mass is 9.98. The molecule has 2 rings (SSSR count). The molecule has 19 heavy (non-hydrogen) atoms. The molecule has 1 aliphatic rings. The van der Waals surface area contributed by atoms with Gasteiger partial charge in [-0.2, -0.15) is 0 Å². The minimum Gasteiger partial charge on any atom is -0.381 e. The van der Waals surface area contributed by atoms with E-state index in [1.165, 1.54) is 24.1 Å². The molecular formula is C16H26N2O. The number of ether oxygens (including phenoxy) is 1. The maximum Gasteiger partial charge on any atom is 0.0469 e. The molecule has 3 nitrogen and oxygen atoms in total. The fraction of sp³-hybridized carbons (Fsp3) is 0.625. The van der Waals surface area contributed by atoms with Crippen LogP contribution in [0.4, 0.5) is 5.69 Å². The monoisotopic (exact) mass is 262 g/mol. The van der Waals surface area contributed by atoms with Gasteiger partial charge >= 0.3 is 0 Å². The normalized spacial score (nSPS) is 18.3. The van der Waals surface area contributed by atoms with Gasteiger partial charge in [0.2, 0.25) is 0 Å². The van der Waals surface area contributed by atoms with Crippen molar-refractivity contribution >= 4 is 5.69 Å². The van der Waals surface area contributed by atoms with Crippen molar-refractivity contribution < 1.29 is 4.74 Å². The second-order valence-corrected chi connectivity index (χ2v) is 5.51. The van der Waals surface area contributed by atoms with Gasteiger partial charge in [-0.1, -0.05) is 25.1 Å². The Morgan fingerprint density at radius 1 is 1.32 bits per heavy atom. The number of nitrogens with zero attached hydrogens (tertiary/aromatic N) is 1. The molecule has 1 aromatic carbocycles. The van der Waals surface area contributed by atoms with Crippen molar-refractivity contribution in [1.82, 2.24) is 0 Å².